The smallest absolute Gasteiger partial charge is 0.219 e. The number of hydrogen-bond donors (Lipinski definition) is 0. The quantitative estimate of drug-likeness (QED) is 0.572. The lowest BCUT2D eigenvalue weighted by molar-refractivity contribution is -0.107. The Labute approximate surface area is 152 Å². The molecule has 0 unspecified atom stereocenters. The molecule has 1 aliphatic carbocycles. The molecule has 0 atom stereocenters. The Morgan fingerprint density at radius 2 is 2.00 bits per heavy atom. The zero-order valence-electron chi connectivity index (χ0n) is 14.8. The lowest BCUT2D eigenvalue weighted by atomic mass is 10.1. The summed E-state index contributed by atoms with van der Waals surface area (Å²) in [7, 11) is 0. The van der Waals surface area contributed by atoms with Crippen molar-refractivity contribution in [2.24, 2.45) is 5.92 Å². The van der Waals surface area contributed by atoms with Crippen molar-refractivity contribution in [1.82, 2.24) is 4.98 Å². The maximum absolute atomic E-state index is 10.7. The van der Waals surface area contributed by atoms with Crippen molar-refractivity contribution in [2.75, 3.05) is 6.61 Å². The molecule has 0 amide bonds. The van der Waals surface area contributed by atoms with Gasteiger partial charge in [-0.2, -0.15) is 0 Å². The molecule has 1 aromatic heterocycles. The number of fused-ring (bicyclic) bond motifs is 1. The minimum absolute atomic E-state index is 0.419. The van der Waals surface area contributed by atoms with E-state index in [1.807, 2.05) is 55.5 Å². The number of pyridine rings is 1. The summed E-state index contributed by atoms with van der Waals surface area (Å²) >= 11 is 0. The molecule has 0 spiro atoms. The molecule has 1 aliphatic rings. The molecule has 3 aromatic rings. The van der Waals surface area contributed by atoms with Gasteiger partial charge in [-0.15, -0.1) is 0 Å². The molecule has 0 aliphatic heterocycles. The Bertz CT molecular complexity index is 947. The number of rotatable bonds is 7. The Kier molecular flexibility index (Phi) is 4.57. The summed E-state index contributed by atoms with van der Waals surface area (Å²) in [5.74, 6) is 2.94. The third kappa shape index (κ3) is 3.85. The Balaban J connectivity index is 1.50. The van der Waals surface area contributed by atoms with Gasteiger partial charge in [0.15, 0.2) is 0 Å². The van der Waals surface area contributed by atoms with Crippen LogP contribution in [0, 0.1) is 12.8 Å². The first kappa shape index (κ1) is 16.6. The van der Waals surface area contributed by atoms with Crippen LogP contribution in [-0.4, -0.2) is 17.9 Å². The molecular formula is C22H21NO3. The number of aryl methyl sites for hydroxylation is 1. The van der Waals surface area contributed by atoms with Gasteiger partial charge >= 0.3 is 0 Å². The second-order valence-corrected chi connectivity index (χ2v) is 6.83. The van der Waals surface area contributed by atoms with Crippen LogP contribution in [0.25, 0.3) is 10.9 Å². The number of carbonyl (C=O) groups is 1. The minimum atomic E-state index is 0.419. The van der Waals surface area contributed by atoms with E-state index in [2.05, 4.69) is 4.98 Å². The van der Waals surface area contributed by atoms with E-state index >= 15 is 0 Å². The van der Waals surface area contributed by atoms with Crippen LogP contribution in [0.2, 0.25) is 0 Å². The third-order valence-corrected chi connectivity index (χ3v) is 4.59. The summed E-state index contributed by atoms with van der Waals surface area (Å²) in [6.45, 7) is 2.81. The number of nitrogens with zero attached hydrogens (tertiary/aromatic N) is 1. The van der Waals surface area contributed by atoms with Crippen molar-refractivity contribution in [1.29, 1.82) is 0 Å². The first-order valence-corrected chi connectivity index (χ1v) is 8.96. The average molecular weight is 347 g/mol. The second-order valence-electron chi connectivity index (χ2n) is 6.83. The third-order valence-electron chi connectivity index (χ3n) is 4.59. The largest absolute Gasteiger partial charge is 0.493 e. The fourth-order valence-corrected chi connectivity index (χ4v) is 2.87. The number of ether oxygens (including phenoxy) is 2. The molecule has 1 fully saturated rings. The van der Waals surface area contributed by atoms with E-state index in [0.29, 0.717) is 12.3 Å². The molecule has 4 heteroatoms. The Hall–Kier alpha value is -2.88. The molecule has 4 rings (SSSR count). The van der Waals surface area contributed by atoms with Crippen molar-refractivity contribution in [3.8, 4) is 17.4 Å². The van der Waals surface area contributed by atoms with Gasteiger partial charge in [0.05, 0.1) is 12.1 Å². The number of aldehydes is 1. The summed E-state index contributed by atoms with van der Waals surface area (Å²) in [6.07, 6.45) is 3.89. The zero-order valence-corrected chi connectivity index (χ0v) is 14.8. The summed E-state index contributed by atoms with van der Waals surface area (Å²) in [4.78, 5) is 15.2. The van der Waals surface area contributed by atoms with E-state index in [0.717, 1.165) is 52.3 Å². The molecule has 0 saturated heterocycles. The van der Waals surface area contributed by atoms with Gasteiger partial charge in [0.25, 0.3) is 0 Å². The molecule has 2 aromatic carbocycles. The number of benzene rings is 2. The van der Waals surface area contributed by atoms with Crippen molar-refractivity contribution in [3.63, 3.8) is 0 Å². The predicted molar refractivity (Wildman–Crippen MR) is 101 cm³/mol. The van der Waals surface area contributed by atoms with E-state index in [1.165, 1.54) is 12.8 Å². The maximum Gasteiger partial charge on any atom is 0.219 e. The number of aromatic nitrogens is 1. The molecule has 1 heterocycles. The molecule has 0 bridgehead atoms. The van der Waals surface area contributed by atoms with E-state index < -0.39 is 0 Å². The van der Waals surface area contributed by atoms with Gasteiger partial charge in [0.2, 0.25) is 5.88 Å². The molecule has 1 saturated carbocycles. The van der Waals surface area contributed by atoms with Gasteiger partial charge in [-0.25, -0.2) is 4.98 Å². The fourth-order valence-electron chi connectivity index (χ4n) is 2.87. The zero-order chi connectivity index (χ0) is 17.9. The Morgan fingerprint density at radius 1 is 1.12 bits per heavy atom. The standard InChI is InChI=1S/C22H21NO3/c1-15-12-19(25-14-17-2-3-17)6-8-21(15)26-22-9-5-18-13-16(10-11-24)4-7-20(18)23-22/h4-9,11-13,17H,2-3,10,14H2,1H3. The van der Waals surface area contributed by atoms with Gasteiger partial charge in [-0.05, 0) is 73.2 Å². The van der Waals surface area contributed by atoms with Crippen LogP contribution in [0.3, 0.4) is 0 Å². The normalized spacial score (nSPS) is 13.6. The van der Waals surface area contributed by atoms with Gasteiger partial charge < -0.3 is 14.3 Å². The van der Waals surface area contributed by atoms with Crippen molar-refractivity contribution < 1.29 is 14.3 Å². The first-order chi connectivity index (χ1) is 12.7. The van der Waals surface area contributed by atoms with Crippen LogP contribution in [0.15, 0.2) is 48.5 Å². The fraction of sp³-hybridized carbons (Fsp3) is 0.273. The second kappa shape index (κ2) is 7.16. The molecule has 4 nitrogen and oxygen atoms in total. The van der Waals surface area contributed by atoms with Gasteiger partial charge in [0.1, 0.15) is 17.8 Å². The van der Waals surface area contributed by atoms with Crippen molar-refractivity contribution in [3.05, 3.63) is 59.7 Å². The molecular weight excluding hydrogens is 326 g/mol. The highest BCUT2D eigenvalue weighted by atomic mass is 16.5. The first-order valence-electron chi connectivity index (χ1n) is 8.96. The lowest BCUT2D eigenvalue weighted by Gasteiger charge is -2.11. The van der Waals surface area contributed by atoms with Crippen molar-refractivity contribution in [2.45, 2.75) is 26.2 Å². The molecule has 132 valence electrons. The van der Waals surface area contributed by atoms with Gasteiger partial charge in [-0.1, -0.05) is 6.07 Å². The predicted octanol–water partition coefficient (Wildman–Crippen LogP) is 4.87. The van der Waals surface area contributed by atoms with Crippen molar-refractivity contribution >= 4 is 17.2 Å². The Morgan fingerprint density at radius 3 is 2.77 bits per heavy atom. The van der Waals surface area contributed by atoms with E-state index in [9.17, 15) is 4.79 Å². The lowest BCUT2D eigenvalue weighted by Crippen LogP contribution is -1.99. The van der Waals surface area contributed by atoms with Crippen LogP contribution in [0.4, 0.5) is 0 Å². The topological polar surface area (TPSA) is 48.4 Å². The van der Waals surface area contributed by atoms with Crippen LogP contribution < -0.4 is 9.47 Å². The minimum Gasteiger partial charge on any atom is -0.493 e. The monoisotopic (exact) mass is 347 g/mol. The summed E-state index contributed by atoms with van der Waals surface area (Å²) in [5, 5.41) is 0.997. The van der Waals surface area contributed by atoms with Crippen LogP contribution in [-0.2, 0) is 11.2 Å². The van der Waals surface area contributed by atoms with E-state index in [-0.39, 0.29) is 0 Å². The van der Waals surface area contributed by atoms with E-state index in [1.54, 1.807) is 0 Å². The number of hydrogen-bond acceptors (Lipinski definition) is 4. The molecule has 0 radical (unpaired) electrons. The van der Waals surface area contributed by atoms with E-state index in [4.69, 9.17) is 9.47 Å². The highest BCUT2D eigenvalue weighted by molar-refractivity contribution is 5.80. The number of carbonyl (C=O) groups excluding carboxylic acids is 1. The maximum atomic E-state index is 10.7. The van der Waals surface area contributed by atoms with Crippen LogP contribution >= 0.6 is 0 Å². The summed E-state index contributed by atoms with van der Waals surface area (Å²) in [6, 6.07) is 15.5. The molecule has 26 heavy (non-hydrogen) atoms. The highest BCUT2D eigenvalue weighted by Gasteiger charge is 2.22. The summed E-state index contributed by atoms with van der Waals surface area (Å²) < 4.78 is 11.8. The van der Waals surface area contributed by atoms with Gasteiger partial charge in [-0.3, -0.25) is 0 Å². The van der Waals surface area contributed by atoms with Gasteiger partial charge in [0, 0.05) is 17.9 Å². The van der Waals surface area contributed by atoms with Crippen LogP contribution in [0.1, 0.15) is 24.0 Å². The molecule has 0 N–H and O–H groups in total. The average Bonchev–Trinajstić information content (AvgIpc) is 3.47. The summed E-state index contributed by atoms with van der Waals surface area (Å²) in [5.41, 5.74) is 2.85. The van der Waals surface area contributed by atoms with Crippen LogP contribution in [0.5, 0.6) is 17.4 Å². The SMILES string of the molecule is Cc1cc(OCC2CC2)ccc1Oc1ccc2cc(CC=O)ccc2n1. The highest BCUT2D eigenvalue weighted by Crippen LogP contribution is 2.32.